The van der Waals surface area contributed by atoms with E-state index in [1.165, 1.54) is 0 Å². The van der Waals surface area contributed by atoms with Gasteiger partial charge in [0.2, 0.25) is 17.7 Å². The van der Waals surface area contributed by atoms with Crippen molar-refractivity contribution >= 4 is 38.6 Å². The third-order valence-corrected chi connectivity index (χ3v) is 5.30. The molecule has 4 rings (SSSR count). The first kappa shape index (κ1) is 19.4. The number of amides is 1. The average molecular weight is 462 g/mol. The van der Waals surface area contributed by atoms with Crippen molar-refractivity contribution in [1.82, 2.24) is 19.7 Å². The molecule has 0 atom stereocenters. The number of hydrogen-bond donors (Lipinski definition) is 1. The Morgan fingerprint density at radius 1 is 1.31 bits per heavy atom. The zero-order chi connectivity index (χ0) is 20.6. The van der Waals surface area contributed by atoms with Crippen LogP contribution in [0.1, 0.15) is 26.2 Å². The van der Waals surface area contributed by atoms with Gasteiger partial charge in [0.1, 0.15) is 12.1 Å². The molecule has 0 radical (unpaired) electrons. The molecule has 150 valence electrons. The van der Waals surface area contributed by atoms with E-state index in [0.717, 1.165) is 40.8 Å². The number of aromatic nitrogens is 4. The molecule has 0 unspecified atom stereocenters. The van der Waals surface area contributed by atoms with Crippen molar-refractivity contribution in [3.63, 3.8) is 0 Å². The fraction of sp³-hybridized carbons (Fsp3) is 0.316. The van der Waals surface area contributed by atoms with Crippen molar-refractivity contribution in [3.8, 4) is 5.88 Å². The molecule has 1 saturated carbocycles. The Balaban J connectivity index is 1.67. The van der Waals surface area contributed by atoms with Crippen molar-refractivity contribution < 1.29 is 13.9 Å². The first-order chi connectivity index (χ1) is 13.8. The number of nitrogens with zero attached hydrogens (tertiary/aromatic N) is 4. The van der Waals surface area contributed by atoms with Gasteiger partial charge in [-0.2, -0.15) is 0 Å². The Kier molecular flexibility index (Phi) is 5.03. The molecule has 10 heteroatoms. The summed E-state index contributed by atoms with van der Waals surface area (Å²) in [6.07, 6.45) is 4.73. The highest BCUT2D eigenvalue weighted by Crippen LogP contribution is 2.37. The Bertz CT molecular complexity index is 1150. The lowest BCUT2D eigenvalue weighted by Crippen LogP contribution is -2.40. The number of carbonyl (C=O) groups excluding carboxylic acids is 1. The minimum Gasteiger partial charge on any atom is -0.470 e. The zero-order valence-corrected chi connectivity index (χ0v) is 17.1. The van der Waals surface area contributed by atoms with Crippen LogP contribution in [0.4, 0.5) is 10.3 Å². The molecule has 2 aromatic heterocycles. The molecule has 1 aliphatic rings. The predicted octanol–water partition coefficient (Wildman–Crippen LogP) is 3.05. The van der Waals surface area contributed by atoms with Crippen LogP contribution in [-0.2, 0) is 11.3 Å². The largest absolute Gasteiger partial charge is 0.470 e. The minimum absolute atomic E-state index is 0.0624. The number of nitrogens with one attached hydrogen (secondary N) is 1. The van der Waals surface area contributed by atoms with E-state index in [1.807, 2.05) is 6.92 Å². The fourth-order valence-corrected chi connectivity index (χ4v) is 3.46. The van der Waals surface area contributed by atoms with E-state index in [0.29, 0.717) is 16.7 Å². The van der Waals surface area contributed by atoms with Gasteiger partial charge in [0.25, 0.3) is 5.56 Å². The van der Waals surface area contributed by atoms with E-state index in [4.69, 9.17) is 4.74 Å². The monoisotopic (exact) mass is 461 g/mol. The standard InChI is InChI=1S/C19H17BrFN5O3/c1-19(5-2-6-19)29-16-14-7-11(20)3-4-13(14)17(28)26(25-16)10-15(27)24-18-22-8-12(21)9-23-18/h3-4,7-9H,2,5-6,10H2,1H3,(H,22,23,24,27). The summed E-state index contributed by atoms with van der Waals surface area (Å²) in [6, 6.07) is 5.18. The maximum atomic E-state index is 12.9. The highest BCUT2D eigenvalue weighted by atomic mass is 79.9. The van der Waals surface area contributed by atoms with E-state index in [1.54, 1.807) is 18.2 Å². The van der Waals surface area contributed by atoms with Crippen LogP contribution in [0.15, 0.2) is 39.9 Å². The van der Waals surface area contributed by atoms with Crippen LogP contribution in [0.2, 0.25) is 0 Å². The summed E-state index contributed by atoms with van der Waals surface area (Å²) < 4.78 is 20.9. The molecule has 1 N–H and O–H groups in total. The second kappa shape index (κ2) is 7.51. The third kappa shape index (κ3) is 4.12. The van der Waals surface area contributed by atoms with Crippen LogP contribution < -0.4 is 15.6 Å². The van der Waals surface area contributed by atoms with Crippen LogP contribution in [0.5, 0.6) is 5.88 Å². The van der Waals surface area contributed by atoms with Crippen LogP contribution in [0.25, 0.3) is 10.8 Å². The van der Waals surface area contributed by atoms with Gasteiger partial charge in [0, 0.05) is 4.47 Å². The van der Waals surface area contributed by atoms with Gasteiger partial charge in [0.05, 0.1) is 23.2 Å². The van der Waals surface area contributed by atoms with E-state index < -0.39 is 17.3 Å². The maximum absolute atomic E-state index is 12.9. The lowest BCUT2D eigenvalue weighted by atomic mass is 9.82. The predicted molar refractivity (Wildman–Crippen MR) is 107 cm³/mol. The molecule has 0 saturated heterocycles. The maximum Gasteiger partial charge on any atom is 0.275 e. The number of fused-ring (bicyclic) bond motifs is 1. The summed E-state index contributed by atoms with van der Waals surface area (Å²) in [7, 11) is 0. The number of anilines is 1. The van der Waals surface area contributed by atoms with Gasteiger partial charge in [-0.25, -0.2) is 19.0 Å². The van der Waals surface area contributed by atoms with Crippen molar-refractivity contribution in [2.75, 3.05) is 5.32 Å². The van der Waals surface area contributed by atoms with E-state index >= 15 is 0 Å². The number of carbonyl (C=O) groups is 1. The van der Waals surface area contributed by atoms with Gasteiger partial charge in [-0.3, -0.25) is 14.9 Å². The molecular formula is C19H17BrFN5O3. The summed E-state index contributed by atoms with van der Waals surface area (Å²) in [5.41, 5.74) is -0.761. The first-order valence-corrected chi connectivity index (χ1v) is 9.79. The summed E-state index contributed by atoms with van der Waals surface area (Å²) >= 11 is 3.41. The molecule has 29 heavy (non-hydrogen) atoms. The minimum atomic E-state index is -0.618. The molecule has 1 fully saturated rings. The van der Waals surface area contributed by atoms with E-state index in [9.17, 15) is 14.0 Å². The molecule has 1 aromatic carbocycles. The summed E-state index contributed by atoms with van der Waals surface area (Å²) in [4.78, 5) is 32.5. The SMILES string of the molecule is CC1(Oc2nn(CC(=O)Nc3ncc(F)cn3)c(=O)c3ccc(Br)cc23)CCC1. The lowest BCUT2D eigenvalue weighted by Gasteiger charge is -2.38. The first-order valence-electron chi connectivity index (χ1n) is 9.00. The average Bonchev–Trinajstić information content (AvgIpc) is 2.66. The number of halogens is 2. The molecule has 2 heterocycles. The number of ether oxygens (including phenoxy) is 1. The van der Waals surface area contributed by atoms with Crippen molar-refractivity contribution in [2.24, 2.45) is 0 Å². The molecule has 1 aliphatic carbocycles. The smallest absolute Gasteiger partial charge is 0.275 e. The fourth-order valence-electron chi connectivity index (χ4n) is 3.10. The molecule has 0 bridgehead atoms. The second-order valence-corrected chi connectivity index (χ2v) is 8.05. The summed E-state index contributed by atoms with van der Waals surface area (Å²) in [5, 5.41) is 7.69. The Morgan fingerprint density at radius 2 is 2.03 bits per heavy atom. The zero-order valence-electron chi connectivity index (χ0n) is 15.5. The van der Waals surface area contributed by atoms with Crippen LogP contribution >= 0.6 is 15.9 Å². The molecule has 0 spiro atoms. The van der Waals surface area contributed by atoms with Crippen LogP contribution in [0, 0.1) is 5.82 Å². The number of benzene rings is 1. The van der Waals surface area contributed by atoms with Gasteiger partial charge in [-0.15, -0.1) is 5.10 Å². The highest BCUT2D eigenvalue weighted by molar-refractivity contribution is 9.10. The Hall–Kier alpha value is -2.88. The lowest BCUT2D eigenvalue weighted by molar-refractivity contribution is -0.117. The molecular weight excluding hydrogens is 445 g/mol. The highest BCUT2D eigenvalue weighted by Gasteiger charge is 2.35. The van der Waals surface area contributed by atoms with E-state index in [2.05, 4.69) is 36.3 Å². The molecule has 0 aliphatic heterocycles. The normalized spacial score (nSPS) is 15.0. The summed E-state index contributed by atoms with van der Waals surface area (Å²) in [5.74, 6) is -0.946. The Labute approximate surface area is 173 Å². The Morgan fingerprint density at radius 3 is 2.69 bits per heavy atom. The van der Waals surface area contributed by atoms with Gasteiger partial charge in [-0.05, 0) is 44.4 Å². The molecule has 8 nitrogen and oxygen atoms in total. The van der Waals surface area contributed by atoms with E-state index in [-0.39, 0.29) is 18.1 Å². The molecule has 1 amide bonds. The second-order valence-electron chi connectivity index (χ2n) is 7.14. The van der Waals surface area contributed by atoms with Crippen molar-refractivity contribution in [1.29, 1.82) is 0 Å². The third-order valence-electron chi connectivity index (χ3n) is 4.81. The topological polar surface area (TPSA) is 99.0 Å². The quantitative estimate of drug-likeness (QED) is 0.626. The number of hydrogen-bond acceptors (Lipinski definition) is 6. The number of rotatable bonds is 5. The van der Waals surface area contributed by atoms with Gasteiger partial charge in [-0.1, -0.05) is 15.9 Å². The van der Waals surface area contributed by atoms with Gasteiger partial charge in [0.15, 0.2) is 5.82 Å². The van der Waals surface area contributed by atoms with Gasteiger partial charge < -0.3 is 4.74 Å². The van der Waals surface area contributed by atoms with Crippen LogP contribution in [0.3, 0.4) is 0 Å². The summed E-state index contributed by atoms with van der Waals surface area (Å²) in [6.45, 7) is 1.63. The van der Waals surface area contributed by atoms with Crippen LogP contribution in [-0.4, -0.2) is 31.3 Å². The van der Waals surface area contributed by atoms with Crippen molar-refractivity contribution in [3.05, 3.63) is 51.2 Å². The van der Waals surface area contributed by atoms with Gasteiger partial charge >= 0.3 is 0 Å². The van der Waals surface area contributed by atoms with Crippen molar-refractivity contribution in [2.45, 2.75) is 38.3 Å². The molecule has 3 aromatic rings.